The van der Waals surface area contributed by atoms with E-state index >= 15 is 0 Å². The lowest BCUT2D eigenvalue weighted by atomic mass is 10.0. The molecule has 1 atom stereocenters. The van der Waals surface area contributed by atoms with Crippen LogP contribution < -0.4 is 10.1 Å². The minimum atomic E-state index is -3.02. The van der Waals surface area contributed by atoms with Crippen LogP contribution in [0.4, 0.5) is 0 Å². The monoisotopic (exact) mass is 402 g/mol. The van der Waals surface area contributed by atoms with Crippen molar-refractivity contribution in [3.8, 4) is 16.9 Å². The minimum absolute atomic E-state index is 0.0103. The third kappa shape index (κ3) is 5.56. The van der Waals surface area contributed by atoms with Crippen molar-refractivity contribution in [2.75, 3.05) is 32.2 Å². The van der Waals surface area contributed by atoms with E-state index in [1.807, 2.05) is 49.3 Å². The number of ether oxygens (including phenoxy) is 1. The molecule has 0 spiro atoms. The number of rotatable bonds is 7. The number of sulfone groups is 1. The molecular weight excluding hydrogens is 376 g/mol. The van der Waals surface area contributed by atoms with Gasteiger partial charge in [-0.05, 0) is 43.8 Å². The Morgan fingerprint density at radius 2 is 1.89 bits per heavy atom. The van der Waals surface area contributed by atoms with E-state index in [0.717, 1.165) is 16.7 Å². The van der Waals surface area contributed by atoms with E-state index in [1.54, 1.807) is 0 Å². The van der Waals surface area contributed by atoms with E-state index in [9.17, 15) is 13.2 Å². The zero-order valence-corrected chi connectivity index (χ0v) is 17.0. The molecule has 28 heavy (non-hydrogen) atoms. The molecule has 3 rings (SSSR count). The topological polar surface area (TPSA) is 75.7 Å². The molecule has 0 saturated carbocycles. The average Bonchev–Trinajstić information content (AvgIpc) is 2.99. The van der Waals surface area contributed by atoms with Crippen LogP contribution in [0.2, 0.25) is 0 Å². The number of carbonyl (C=O) groups is 1. The summed E-state index contributed by atoms with van der Waals surface area (Å²) in [4.78, 5) is 14.2. The van der Waals surface area contributed by atoms with E-state index in [1.165, 1.54) is 0 Å². The number of hydrogen-bond donors (Lipinski definition) is 1. The van der Waals surface area contributed by atoms with E-state index < -0.39 is 9.84 Å². The van der Waals surface area contributed by atoms with Crippen LogP contribution in [-0.2, 0) is 21.2 Å². The van der Waals surface area contributed by atoms with Crippen molar-refractivity contribution >= 4 is 15.7 Å². The van der Waals surface area contributed by atoms with Crippen LogP contribution in [0.1, 0.15) is 12.0 Å². The summed E-state index contributed by atoms with van der Waals surface area (Å²) < 4.78 is 28.8. The second kappa shape index (κ2) is 8.75. The molecule has 7 heteroatoms. The molecule has 0 bridgehead atoms. The van der Waals surface area contributed by atoms with Gasteiger partial charge in [-0.25, -0.2) is 8.42 Å². The van der Waals surface area contributed by atoms with Crippen LogP contribution in [0.3, 0.4) is 0 Å². The third-order valence-corrected chi connectivity index (χ3v) is 6.38. The first-order chi connectivity index (χ1) is 13.3. The fourth-order valence-corrected chi connectivity index (χ4v) is 4.99. The SMILES string of the molecule is CN(C)Cc1cc(-c2ccccc2)ccc1OCC(=O)N[C@H]1CCS(=O)(=O)C1. The van der Waals surface area contributed by atoms with Gasteiger partial charge in [0.05, 0.1) is 11.5 Å². The Morgan fingerprint density at radius 3 is 2.54 bits per heavy atom. The first kappa shape index (κ1) is 20.4. The summed E-state index contributed by atoms with van der Waals surface area (Å²) in [5.41, 5.74) is 3.20. The van der Waals surface area contributed by atoms with Gasteiger partial charge in [0.25, 0.3) is 5.91 Å². The van der Waals surface area contributed by atoms with Crippen molar-refractivity contribution in [2.24, 2.45) is 0 Å². The van der Waals surface area contributed by atoms with Crippen molar-refractivity contribution in [3.05, 3.63) is 54.1 Å². The van der Waals surface area contributed by atoms with Crippen LogP contribution in [0.15, 0.2) is 48.5 Å². The molecule has 0 aromatic heterocycles. The number of nitrogens with one attached hydrogen (secondary N) is 1. The molecule has 1 saturated heterocycles. The van der Waals surface area contributed by atoms with Gasteiger partial charge in [-0.1, -0.05) is 36.4 Å². The van der Waals surface area contributed by atoms with Crippen LogP contribution >= 0.6 is 0 Å². The zero-order chi connectivity index (χ0) is 20.1. The van der Waals surface area contributed by atoms with E-state index in [4.69, 9.17) is 4.74 Å². The van der Waals surface area contributed by atoms with Gasteiger partial charge < -0.3 is 15.0 Å². The average molecular weight is 403 g/mol. The first-order valence-electron chi connectivity index (χ1n) is 9.28. The maximum atomic E-state index is 12.2. The Bertz CT molecular complexity index is 927. The van der Waals surface area contributed by atoms with Crippen molar-refractivity contribution < 1.29 is 17.9 Å². The first-order valence-corrected chi connectivity index (χ1v) is 11.1. The third-order valence-electron chi connectivity index (χ3n) is 4.61. The highest BCUT2D eigenvalue weighted by molar-refractivity contribution is 7.91. The quantitative estimate of drug-likeness (QED) is 0.768. The van der Waals surface area contributed by atoms with Crippen LogP contribution in [0, 0.1) is 0 Å². The highest BCUT2D eigenvalue weighted by Crippen LogP contribution is 2.27. The molecule has 2 aromatic carbocycles. The van der Waals surface area contributed by atoms with E-state index in [0.29, 0.717) is 18.7 Å². The van der Waals surface area contributed by atoms with Crippen molar-refractivity contribution in [2.45, 2.75) is 19.0 Å². The zero-order valence-electron chi connectivity index (χ0n) is 16.2. The number of amides is 1. The Balaban J connectivity index is 1.67. The number of hydrogen-bond acceptors (Lipinski definition) is 5. The van der Waals surface area contributed by atoms with Crippen molar-refractivity contribution in [1.29, 1.82) is 0 Å². The number of benzene rings is 2. The lowest BCUT2D eigenvalue weighted by Crippen LogP contribution is -2.38. The van der Waals surface area contributed by atoms with Gasteiger partial charge in [-0.2, -0.15) is 0 Å². The summed E-state index contributed by atoms with van der Waals surface area (Å²) in [6, 6.07) is 15.7. The maximum Gasteiger partial charge on any atom is 0.258 e. The Morgan fingerprint density at radius 1 is 1.14 bits per heavy atom. The minimum Gasteiger partial charge on any atom is -0.483 e. The van der Waals surface area contributed by atoms with Crippen molar-refractivity contribution in [3.63, 3.8) is 0 Å². The molecule has 1 N–H and O–H groups in total. The molecule has 150 valence electrons. The molecule has 0 radical (unpaired) electrons. The predicted octanol–water partition coefficient (Wildman–Crippen LogP) is 2.10. The summed E-state index contributed by atoms with van der Waals surface area (Å²) in [6.07, 6.45) is 0.464. The summed E-state index contributed by atoms with van der Waals surface area (Å²) >= 11 is 0. The van der Waals surface area contributed by atoms with Crippen LogP contribution in [0.25, 0.3) is 11.1 Å². The second-order valence-corrected chi connectivity index (χ2v) is 9.61. The van der Waals surface area contributed by atoms with E-state index in [2.05, 4.69) is 23.5 Å². The lowest BCUT2D eigenvalue weighted by molar-refractivity contribution is -0.123. The predicted molar refractivity (Wildman–Crippen MR) is 110 cm³/mol. The summed E-state index contributed by atoms with van der Waals surface area (Å²) in [6.45, 7) is 0.542. The van der Waals surface area contributed by atoms with Gasteiger partial charge in [0, 0.05) is 18.2 Å². The standard InChI is InChI=1S/C21H26N2O4S/c1-23(2)13-18-12-17(16-6-4-3-5-7-16)8-9-20(18)27-14-21(24)22-19-10-11-28(25,26)15-19/h3-9,12,19H,10-11,13-15H2,1-2H3,(H,22,24)/t19-/m0/s1. The number of carbonyl (C=O) groups excluding carboxylic acids is 1. The smallest absolute Gasteiger partial charge is 0.258 e. The molecule has 0 unspecified atom stereocenters. The van der Waals surface area contributed by atoms with Gasteiger partial charge in [0.2, 0.25) is 0 Å². The van der Waals surface area contributed by atoms with Gasteiger partial charge in [0.1, 0.15) is 5.75 Å². The number of nitrogens with zero attached hydrogens (tertiary/aromatic N) is 1. The normalized spacial score (nSPS) is 18.2. The highest BCUT2D eigenvalue weighted by Gasteiger charge is 2.28. The summed E-state index contributed by atoms with van der Waals surface area (Å²) in [5, 5.41) is 2.75. The van der Waals surface area contributed by atoms with Gasteiger partial charge >= 0.3 is 0 Å². The highest BCUT2D eigenvalue weighted by atomic mass is 32.2. The fraction of sp³-hybridized carbons (Fsp3) is 0.381. The molecule has 1 fully saturated rings. The maximum absolute atomic E-state index is 12.2. The van der Waals surface area contributed by atoms with Crippen molar-refractivity contribution in [1.82, 2.24) is 10.2 Å². The molecule has 2 aromatic rings. The molecule has 1 amide bonds. The largest absolute Gasteiger partial charge is 0.483 e. The van der Waals surface area contributed by atoms with Gasteiger partial charge in [-0.3, -0.25) is 4.79 Å². The Hall–Kier alpha value is -2.38. The molecule has 1 aliphatic heterocycles. The molecule has 0 aliphatic carbocycles. The molecule has 1 aliphatic rings. The van der Waals surface area contributed by atoms with Gasteiger partial charge in [0.15, 0.2) is 16.4 Å². The Kier molecular flexibility index (Phi) is 6.36. The molecule has 1 heterocycles. The summed E-state index contributed by atoms with van der Waals surface area (Å²) in [7, 11) is 0.936. The Labute approximate surface area is 166 Å². The lowest BCUT2D eigenvalue weighted by Gasteiger charge is -2.17. The van der Waals surface area contributed by atoms with Crippen LogP contribution in [0.5, 0.6) is 5.75 Å². The van der Waals surface area contributed by atoms with E-state index in [-0.39, 0.29) is 30.1 Å². The second-order valence-electron chi connectivity index (χ2n) is 7.38. The summed E-state index contributed by atoms with van der Waals surface area (Å²) in [5.74, 6) is 0.496. The van der Waals surface area contributed by atoms with Gasteiger partial charge in [-0.15, -0.1) is 0 Å². The fourth-order valence-electron chi connectivity index (χ4n) is 3.32. The van der Waals surface area contributed by atoms with Crippen LogP contribution in [-0.4, -0.2) is 57.5 Å². The molecular formula is C21H26N2O4S. The molecule has 6 nitrogen and oxygen atoms in total.